The Bertz CT molecular complexity index is 172. The summed E-state index contributed by atoms with van der Waals surface area (Å²) >= 11 is 3.43. The third kappa shape index (κ3) is 1.79. The highest BCUT2D eigenvalue weighted by atomic mass is 79.9. The predicted molar refractivity (Wildman–Crippen MR) is 40.4 cm³/mol. The highest BCUT2D eigenvalue weighted by Crippen LogP contribution is 2.19. The Morgan fingerprint density at radius 3 is 2.89 bits per heavy atom. The van der Waals surface area contributed by atoms with Crippen molar-refractivity contribution in [2.24, 2.45) is 0 Å². The summed E-state index contributed by atoms with van der Waals surface area (Å²) in [4.78, 5) is 4.24. The van der Waals surface area contributed by atoms with Crippen molar-refractivity contribution in [2.45, 2.75) is 11.8 Å². The van der Waals surface area contributed by atoms with Crippen molar-refractivity contribution >= 4 is 15.9 Å². The molecule has 0 amide bonds. The van der Waals surface area contributed by atoms with Gasteiger partial charge in [-0.05, 0) is 18.6 Å². The average Bonchev–Trinajstić information content (AvgIpc) is 1.90. The van der Waals surface area contributed by atoms with Crippen LogP contribution >= 0.6 is 15.9 Å². The van der Waals surface area contributed by atoms with E-state index in [2.05, 4.69) is 34.0 Å². The van der Waals surface area contributed by atoms with Crippen LogP contribution in [-0.2, 0) is 0 Å². The quantitative estimate of drug-likeness (QED) is 0.612. The molecular formula is C7H7BrN. The predicted octanol–water partition coefficient (Wildman–Crippen LogP) is 2.34. The van der Waals surface area contributed by atoms with Crippen LogP contribution in [0.1, 0.15) is 17.3 Å². The van der Waals surface area contributed by atoms with Gasteiger partial charge in [-0.15, -0.1) is 0 Å². The Morgan fingerprint density at radius 1 is 1.78 bits per heavy atom. The molecule has 0 spiro atoms. The first-order chi connectivity index (χ1) is 4.30. The van der Waals surface area contributed by atoms with Crippen LogP contribution in [0.15, 0.2) is 18.3 Å². The molecule has 0 saturated heterocycles. The molecule has 0 aliphatic rings. The van der Waals surface area contributed by atoms with E-state index in [0.29, 0.717) is 4.83 Å². The highest BCUT2D eigenvalue weighted by Gasteiger charge is 1.96. The van der Waals surface area contributed by atoms with Crippen LogP contribution in [0.25, 0.3) is 0 Å². The highest BCUT2D eigenvalue weighted by molar-refractivity contribution is 9.09. The number of aromatic nitrogens is 1. The standard InChI is InChI=1S/C7H7BrN/c1-6(8)7-3-2-4-9-5-7/h2-3,5-6H,1H3. The van der Waals surface area contributed by atoms with E-state index in [1.165, 1.54) is 5.56 Å². The van der Waals surface area contributed by atoms with Crippen LogP contribution in [-0.4, -0.2) is 4.98 Å². The minimum Gasteiger partial charge on any atom is -0.254 e. The van der Waals surface area contributed by atoms with Gasteiger partial charge in [-0.3, -0.25) is 4.98 Å². The molecule has 1 rings (SSSR count). The van der Waals surface area contributed by atoms with Crippen LogP contribution in [0.5, 0.6) is 0 Å². The zero-order chi connectivity index (χ0) is 6.69. The van der Waals surface area contributed by atoms with E-state index < -0.39 is 0 Å². The molecule has 9 heavy (non-hydrogen) atoms. The third-order valence-electron chi connectivity index (χ3n) is 1.10. The van der Waals surface area contributed by atoms with E-state index in [1.807, 2.05) is 12.1 Å². The number of nitrogens with zero attached hydrogens (tertiary/aromatic N) is 1. The number of rotatable bonds is 1. The van der Waals surface area contributed by atoms with Gasteiger partial charge >= 0.3 is 0 Å². The van der Waals surface area contributed by atoms with E-state index >= 15 is 0 Å². The summed E-state index contributed by atoms with van der Waals surface area (Å²) in [5.41, 5.74) is 1.19. The van der Waals surface area contributed by atoms with E-state index in [9.17, 15) is 0 Å². The molecule has 1 aromatic heterocycles. The third-order valence-corrected chi connectivity index (χ3v) is 1.63. The first-order valence-electron chi connectivity index (χ1n) is 2.77. The molecule has 0 aliphatic carbocycles. The van der Waals surface area contributed by atoms with Gasteiger partial charge in [0.15, 0.2) is 0 Å². The zero-order valence-electron chi connectivity index (χ0n) is 5.13. The van der Waals surface area contributed by atoms with E-state index in [-0.39, 0.29) is 0 Å². The lowest BCUT2D eigenvalue weighted by Crippen LogP contribution is -1.82. The fourth-order valence-electron chi connectivity index (χ4n) is 0.567. The molecule has 1 nitrogen and oxygen atoms in total. The second-order valence-electron chi connectivity index (χ2n) is 1.84. The Hall–Kier alpha value is -0.370. The molecule has 1 unspecified atom stereocenters. The minimum absolute atomic E-state index is 0.389. The largest absolute Gasteiger partial charge is 0.254 e. The van der Waals surface area contributed by atoms with Crippen LogP contribution in [0, 0.1) is 6.20 Å². The molecular weight excluding hydrogens is 178 g/mol. The Kier molecular flexibility index (Phi) is 2.22. The molecule has 0 fully saturated rings. The topological polar surface area (TPSA) is 12.9 Å². The van der Waals surface area contributed by atoms with Crippen LogP contribution in [0.2, 0.25) is 0 Å². The summed E-state index contributed by atoms with van der Waals surface area (Å²) < 4.78 is 0. The first-order valence-corrected chi connectivity index (χ1v) is 3.68. The maximum atomic E-state index is 3.85. The second kappa shape index (κ2) is 2.97. The van der Waals surface area contributed by atoms with Gasteiger partial charge in [-0.2, -0.15) is 0 Å². The number of hydrogen-bond donors (Lipinski definition) is 0. The molecule has 1 heterocycles. The van der Waals surface area contributed by atoms with Crippen molar-refractivity contribution in [2.75, 3.05) is 0 Å². The van der Waals surface area contributed by atoms with Crippen LogP contribution in [0.4, 0.5) is 0 Å². The molecule has 0 bridgehead atoms. The monoisotopic (exact) mass is 184 g/mol. The molecule has 0 aromatic carbocycles. The molecule has 1 atom stereocenters. The summed E-state index contributed by atoms with van der Waals surface area (Å²) in [6.07, 6.45) is 4.52. The fraction of sp³-hybridized carbons (Fsp3) is 0.286. The number of halogens is 1. The smallest absolute Gasteiger partial charge is 0.0886 e. The van der Waals surface area contributed by atoms with Crippen molar-refractivity contribution in [3.63, 3.8) is 0 Å². The maximum absolute atomic E-state index is 3.85. The van der Waals surface area contributed by atoms with Crippen LogP contribution in [0.3, 0.4) is 0 Å². The van der Waals surface area contributed by atoms with Crippen molar-refractivity contribution in [1.29, 1.82) is 0 Å². The minimum atomic E-state index is 0.389. The summed E-state index contributed by atoms with van der Waals surface area (Å²) in [5.74, 6) is 0. The Balaban J connectivity index is 2.85. The fourth-order valence-corrected chi connectivity index (χ4v) is 0.837. The molecule has 0 saturated carbocycles. The van der Waals surface area contributed by atoms with Gasteiger partial charge in [-0.1, -0.05) is 22.0 Å². The van der Waals surface area contributed by atoms with E-state index in [4.69, 9.17) is 0 Å². The van der Waals surface area contributed by atoms with Gasteiger partial charge in [0.2, 0.25) is 0 Å². The van der Waals surface area contributed by atoms with Crippen molar-refractivity contribution in [3.05, 3.63) is 30.1 Å². The van der Waals surface area contributed by atoms with Crippen molar-refractivity contribution in [1.82, 2.24) is 4.98 Å². The summed E-state index contributed by atoms with van der Waals surface area (Å²) in [6, 6.07) is 3.81. The number of pyridine rings is 1. The van der Waals surface area contributed by atoms with Gasteiger partial charge in [0.05, 0.1) is 6.20 Å². The molecule has 1 aromatic rings. The van der Waals surface area contributed by atoms with Crippen molar-refractivity contribution < 1.29 is 0 Å². The van der Waals surface area contributed by atoms with Gasteiger partial charge in [0, 0.05) is 11.0 Å². The Morgan fingerprint density at radius 2 is 2.56 bits per heavy atom. The zero-order valence-corrected chi connectivity index (χ0v) is 6.72. The summed E-state index contributed by atoms with van der Waals surface area (Å²) in [5, 5.41) is 0. The molecule has 2 heteroatoms. The van der Waals surface area contributed by atoms with Crippen molar-refractivity contribution in [3.8, 4) is 0 Å². The molecule has 0 aliphatic heterocycles. The lowest BCUT2D eigenvalue weighted by molar-refractivity contribution is 1.09. The number of alkyl halides is 1. The van der Waals surface area contributed by atoms with Gasteiger partial charge < -0.3 is 0 Å². The van der Waals surface area contributed by atoms with Gasteiger partial charge in [0.25, 0.3) is 0 Å². The molecule has 47 valence electrons. The summed E-state index contributed by atoms with van der Waals surface area (Å²) in [6.45, 7) is 2.07. The second-order valence-corrected chi connectivity index (χ2v) is 3.21. The maximum Gasteiger partial charge on any atom is 0.0886 e. The summed E-state index contributed by atoms with van der Waals surface area (Å²) in [7, 11) is 0. The average molecular weight is 185 g/mol. The van der Waals surface area contributed by atoms with Gasteiger partial charge in [-0.25, -0.2) is 0 Å². The molecule has 1 radical (unpaired) electrons. The normalized spacial score (nSPS) is 13.1. The lowest BCUT2D eigenvalue weighted by Gasteiger charge is -1.98. The van der Waals surface area contributed by atoms with Crippen LogP contribution < -0.4 is 0 Å². The van der Waals surface area contributed by atoms with Gasteiger partial charge in [0.1, 0.15) is 0 Å². The Labute approximate surface area is 63.2 Å². The molecule has 0 N–H and O–H groups in total. The lowest BCUT2D eigenvalue weighted by atomic mass is 10.2. The van der Waals surface area contributed by atoms with E-state index in [0.717, 1.165) is 0 Å². The number of hydrogen-bond acceptors (Lipinski definition) is 1. The van der Waals surface area contributed by atoms with E-state index in [1.54, 1.807) is 6.20 Å². The SMILES string of the molecule is CC(Br)c1cc[c]nc1. The first kappa shape index (κ1) is 6.75.